The third kappa shape index (κ3) is 4.83. The first kappa shape index (κ1) is 8.68. The Bertz CT molecular complexity index is 154. The van der Waals surface area contributed by atoms with Gasteiger partial charge in [0.05, 0.1) is 0 Å². The molecule has 0 aliphatic heterocycles. The molecule has 0 atom stereocenters. The maximum atomic E-state index is 10.6. The average molecular weight is 142 g/mol. The average Bonchev–Trinajstić information content (AvgIpc) is 1.85. The van der Waals surface area contributed by atoms with E-state index >= 15 is 0 Å². The van der Waals surface area contributed by atoms with Crippen LogP contribution in [0.3, 0.4) is 0 Å². The molecule has 0 saturated carbocycles. The molecule has 0 unspecified atom stereocenters. The summed E-state index contributed by atoms with van der Waals surface area (Å²) in [5.74, 6) is -0.715. The number of amides is 2. The van der Waals surface area contributed by atoms with E-state index in [4.69, 9.17) is 5.73 Å². The first-order valence-electron chi connectivity index (χ1n) is 2.85. The quantitative estimate of drug-likeness (QED) is 0.556. The third-order valence-electron chi connectivity index (χ3n) is 0.862. The maximum Gasteiger partial charge on any atom is 0.224 e. The van der Waals surface area contributed by atoms with E-state index in [1.54, 1.807) is 0 Å². The molecule has 0 rings (SSSR count). The number of rotatable bonds is 4. The number of nitrogens with one attached hydrogen (secondary N) is 1. The summed E-state index contributed by atoms with van der Waals surface area (Å²) in [6.07, 6.45) is 1.48. The molecule has 0 saturated heterocycles. The highest BCUT2D eigenvalue weighted by atomic mass is 16.2. The Hall–Kier alpha value is -1.32. The van der Waals surface area contributed by atoms with Crippen LogP contribution < -0.4 is 11.1 Å². The van der Waals surface area contributed by atoms with E-state index in [0.29, 0.717) is 0 Å². The molecule has 0 radical (unpaired) electrons. The largest absolute Gasteiger partial charge is 0.370 e. The molecule has 0 spiro atoms. The van der Waals surface area contributed by atoms with Gasteiger partial charge in [-0.05, 0) is 6.20 Å². The summed E-state index contributed by atoms with van der Waals surface area (Å²) in [5.41, 5.74) is 4.79. The van der Waals surface area contributed by atoms with Crippen LogP contribution in [0.4, 0.5) is 0 Å². The Morgan fingerprint density at radius 3 is 2.50 bits per heavy atom. The van der Waals surface area contributed by atoms with Gasteiger partial charge in [0.15, 0.2) is 0 Å². The monoisotopic (exact) mass is 142 g/mol. The van der Waals surface area contributed by atoms with Gasteiger partial charge >= 0.3 is 0 Å². The van der Waals surface area contributed by atoms with Crippen molar-refractivity contribution in [1.82, 2.24) is 5.32 Å². The van der Waals surface area contributed by atoms with Gasteiger partial charge in [-0.3, -0.25) is 9.59 Å². The highest BCUT2D eigenvalue weighted by Gasteiger charge is 2.00. The van der Waals surface area contributed by atoms with Gasteiger partial charge < -0.3 is 11.1 Å². The van der Waals surface area contributed by atoms with Crippen LogP contribution in [0, 0.1) is 0 Å². The van der Waals surface area contributed by atoms with E-state index < -0.39 is 5.91 Å². The lowest BCUT2D eigenvalue weighted by Gasteiger charge is -1.95. The molecular formula is C6H10N2O2. The number of carbonyl (C=O) groups is 2. The zero-order valence-electron chi connectivity index (χ0n) is 5.59. The second-order valence-electron chi connectivity index (χ2n) is 1.74. The van der Waals surface area contributed by atoms with E-state index in [-0.39, 0.29) is 18.7 Å². The van der Waals surface area contributed by atoms with Crippen molar-refractivity contribution in [3.63, 3.8) is 0 Å². The predicted octanol–water partition coefficient (Wildman–Crippen LogP) is -0.488. The number of hydrogen-bond donors (Lipinski definition) is 2. The van der Waals surface area contributed by atoms with E-state index in [0.717, 1.165) is 0 Å². The summed E-state index contributed by atoms with van der Waals surface area (Å²) in [4.78, 5) is 20.7. The molecule has 0 heterocycles. The van der Waals surface area contributed by atoms with Gasteiger partial charge in [0, 0.05) is 12.8 Å². The number of primary amides is 1. The summed E-state index contributed by atoms with van der Waals surface area (Å²) >= 11 is 0. The smallest absolute Gasteiger partial charge is 0.224 e. The van der Waals surface area contributed by atoms with Crippen LogP contribution in [0.15, 0.2) is 12.8 Å². The molecule has 0 aromatic rings. The SMILES string of the molecule is C=CNC(=O)CCC(N)=O. The molecule has 0 aliphatic carbocycles. The normalized spacial score (nSPS) is 8.40. The van der Waals surface area contributed by atoms with Gasteiger partial charge in [-0.2, -0.15) is 0 Å². The molecule has 0 aromatic heterocycles. The number of hydrogen-bond acceptors (Lipinski definition) is 2. The topological polar surface area (TPSA) is 72.2 Å². The molecule has 56 valence electrons. The van der Waals surface area contributed by atoms with E-state index in [2.05, 4.69) is 11.9 Å². The van der Waals surface area contributed by atoms with Crippen molar-refractivity contribution in [2.45, 2.75) is 12.8 Å². The fourth-order valence-corrected chi connectivity index (χ4v) is 0.423. The lowest BCUT2D eigenvalue weighted by molar-refractivity contribution is -0.124. The molecule has 4 nitrogen and oxygen atoms in total. The van der Waals surface area contributed by atoms with Gasteiger partial charge in [0.25, 0.3) is 0 Å². The molecule has 0 bridgehead atoms. The first-order chi connectivity index (χ1) is 4.66. The minimum absolute atomic E-state index is 0.0830. The minimum atomic E-state index is -0.473. The molecule has 2 amide bonds. The molecule has 0 aliphatic rings. The number of carbonyl (C=O) groups excluding carboxylic acids is 2. The van der Waals surface area contributed by atoms with E-state index in [1.807, 2.05) is 0 Å². The van der Waals surface area contributed by atoms with Crippen LogP contribution in [0.1, 0.15) is 12.8 Å². The summed E-state index contributed by atoms with van der Waals surface area (Å²) < 4.78 is 0. The first-order valence-corrected chi connectivity index (χ1v) is 2.85. The fourth-order valence-electron chi connectivity index (χ4n) is 0.423. The van der Waals surface area contributed by atoms with Gasteiger partial charge in [-0.15, -0.1) is 0 Å². The van der Waals surface area contributed by atoms with Crippen molar-refractivity contribution in [2.24, 2.45) is 5.73 Å². The molecular weight excluding hydrogens is 132 g/mol. The third-order valence-corrected chi connectivity index (χ3v) is 0.862. The van der Waals surface area contributed by atoms with Crippen molar-refractivity contribution < 1.29 is 9.59 Å². The molecule has 0 aromatic carbocycles. The standard InChI is InChI=1S/C6H10N2O2/c1-2-8-6(10)4-3-5(7)9/h2H,1,3-4H2,(H2,7,9)(H,8,10). The maximum absolute atomic E-state index is 10.6. The van der Waals surface area contributed by atoms with E-state index in [1.165, 1.54) is 6.20 Å². The molecule has 4 heteroatoms. The van der Waals surface area contributed by atoms with Crippen LogP contribution in [0.25, 0.3) is 0 Å². The Labute approximate surface area is 59.1 Å². The van der Waals surface area contributed by atoms with Crippen LogP contribution in [0.2, 0.25) is 0 Å². The van der Waals surface area contributed by atoms with Crippen LogP contribution >= 0.6 is 0 Å². The molecule has 0 fully saturated rings. The second kappa shape index (κ2) is 4.55. The fraction of sp³-hybridized carbons (Fsp3) is 0.333. The van der Waals surface area contributed by atoms with Gasteiger partial charge in [-0.25, -0.2) is 0 Å². The predicted molar refractivity (Wildman–Crippen MR) is 36.8 cm³/mol. The van der Waals surface area contributed by atoms with Gasteiger partial charge in [-0.1, -0.05) is 6.58 Å². The van der Waals surface area contributed by atoms with Crippen molar-refractivity contribution in [3.05, 3.63) is 12.8 Å². The lowest BCUT2D eigenvalue weighted by Crippen LogP contribution is -2.19. The molecule has 10 heavy (non-hydrogen) atoms. The van der Waals surface area contributed by atoms with Crippen molar-refractivity contribution in [3.8, 4) is 0 Å². The zero-order chi connectivity index (χ0) is 7.98. The summed E-state index contributed by atoms with van der Waals surface area (Å²) in [6, 6.07) is 0. The Balaban J connectivity index is 3.39. The van der Waals surface area contributed by atoms with Crippen LogP contribution in [0.5, 0.6) is 0 Å². The van der Waals surface area contributed by atoms with Crippen molar-refractivity contribution in [1.29, 1.82) is 0 Å². The van der Waals surface area contributed by atoms with Crippen molar-refractivity contribution in [2.75, 3.05) is 0 Å². The lowest BCUT2D eigenvalue weighted by atomic mass is 10.3. The summed E-state index contributed by atoms with van der Waals surface area (Å²) in [7, 11) is 0. The van der Waals surface area contributed by atoms with Crippen LogP contribution in [-0.4, -0.2) is 11.8 Å². The summed E-state index contributed by atoms with van der Waals surface area (Å²) in [6.45, 7) is 3.28. The van der Waals surface area contributed by atoms with Crippen LogP contribution in [-0.2, 0) is 9.59 Å². The highest BCUT2D eigenvalue weighted by molar-refractivity contribution is 5.83. The zero-order valence-corrected chi connectivity index (χ0v) is 5.59. The second-order valence-corrected chi connectivity index (χ2v) is 1.74. The Morgan fingerprint density at radius 2 is 2.10 bits per heavy atom. The Morgan fingerprint density at radius 1 is 1.50 bits per heavy atom. The van der Waals surface area contributed by atoms with Gasteiger partial charge in [0.1, 0.15) is 0 Å². The number of nitrogens with two attached hydrogens (primary N) is 1. The summed E-state index contributed by atoms with van der Waals surface area (Å²) in [5, 5.41) is 2.32. The van der Waals surface area contributed by atoms with Gasteiger partial charge in [0.2, 0.25) is 11.8 Å². The van der Waals surface area contributed by atoms with Crippen molar-refractivity contribution >= 4 is 11.8 Å². The minimum Gasteiger partial charge on any atom is -0.370 e. The van der Waals surface area contributed by atoms with E-state index in [9.17, 15) is 9.59 Å². The Kier molecular flexibility index (Phi) is 3.95. The highest BCUT2D eigenvalue weighted by Crippen LogP contribution is 1.85. The molecule has 3 N–H and O–H groups in total.